The van der Waals surface area contributed by atoms with Gasteiger partial charge in [-0.25, -0.2) is 0 Å². The van der Waals surface area contributed by atoms with Crippen LogP contribution in [-0.2, 0) is 9.16 Å². The van der Waals surface area contributed by atoms with E-state index in [-0.39, 0.29) is 9.28 Å². The van der Waals surface area contributed by atoms with Crippen LogP contribution in [0, 0.1) is 0 Å². The molecule has 0 N–H and O–H groups in total. The van der Waals surface area contributed by atoms with Gasteiger partial charge < -0.3 is 9.16 Å². The van der Waals surface area contributed by atoms with Crippen LogP contribution in [0.4, 0.5) is 0 Å². The topological polar surface area (TPSA) is 18.5 Å². The number of unbranched alkanes of at least 4 members (excludes halogenated alkanes) is 3. The summed E-state index contributed by atoms with van der Waals surface area (Å²) in [5.74, 6) is 0. The molecule has 0 spiro atoms. The third-order valence-corrected chi connectivity index (χ3v) is 3.85. The van der Waals surface area contributed by atoms with E-state index in [4.69, 9.17) is 9.16 Å². The van der Waals surface area contributed by atoms with Crippen molar-refractivity contribution in [2.45, 2.75) is 39.0 Å². The van der Waals surface area contributed by atoms with Gasteiger partial charge in [0.15, 0.2) is 0 Å². The molecule has 0 aliphatic heterocycles. The van der Waals surface area contributed by atoms with Crippen molar-refractivity contribution in [3.05, 3.63) is 0 Å². The molecule has 0 aromatic carbocycles. The maximum absolute atomic E-state index is 5.47. The lowest BCUT2D eigenvalue weighted by atomic mass is 10.2. The zero-order valence-corrected chi connectivity index (χ0v) is 12.6. The van der Waals surface area contributed by atoms with Gasteiger partial charge in [-0.1, -0.05) is 26.2 Å². The Balaban J connectivity index is 2.76. The van der Waals surface area contributed by atoms with E-state index in [1.54, 1.807) is 0 Å². The van der Waals surface area contributed by atoms with Gasteiger partial charge in [0.2, 0.25) is 0 Å². The van der Waals surface area contributed by atoms with E-state index in [1.807, 2.05) is 0 Å². The Morgan fingerprint density at radius 2 is 1.77 bits per heavy atom. The molecule has 0 heterocycles. The number of rotatable bonds is 10. The molecule has 0 rings (SSSR count). The summed E-state index contributed by atoms with van der Waals surface area (Å²) in [6.07, 6.45) is 6.28. The zero-order chi connectivity index (χ0) is 9.78. The summed E-state index contributed by atoms with van der Waals surface area (Å²) in [4.78, 5) is 0. The average Bonchev–Trinajstić information content (AvgIpc) is 2.16. The molecular weight excluding hydrogens is 196 g/mol. The minimum absolute atomic E-state index is 0.0535. The normalized spacial score (nSPS) is 11.8. The van der Waals surface area contributed by atoms with Crippen LogP contribution in [-0.4, -0.2) is 38.9 Å². The highest BCUT2D eigenvalue weighted by atomic mass is 29.1. The molecule has 0 aliphatic rings. The smallest absolute Gasteiger partial charge is 0.139 e. The Morgan fingerprint density at radius 1 is 1.00 bits per heavy atom. The van der Waals surface area contributed by atoms with Crippen molar-refractivity contribution in [1.29, 1.82) is 0 Å². The number of hydrogen-bond acceptors (Lipinski definition) is 2. The summed E-state index contributed by atoms with van der Waals surface area (Å²) in [6.45, 7) is 5.00. The van der Waals surface area contributed by atoms with E-state index < -0.39 is 0 Å². The Morgan fingerprint density at radius 3 is 2.46 bits per heavy atom. The number of ether oxygens (including phenoxy) is 1. The molecule has 0 fully saturated rings. The van der Waals surface area contributed by atoms with Crippen molar-refractivity contribution in [2.75, 3.05) is 19.8 Å². The van der Waals surface area contributed by atoms with Gasteiger partial charge in [0.05, 0.1) is 0 Å². The third-order valence-electron chi connectivity index (χ3n) is 1.92. The first kappa shape index (κ1) is 13.4. The molecule has 0 aliphatic carbocycles. The van der Waals surface area contributed by atoms with Gasteiger partial charge >= 0.3 is 0 Å². The van der Waals surface area contributed by atoms with Crippen LogP contribution >= 0.6 is 0 Å². The molecule has 0 saturated carbocycles. The Kier molecular flexibility index (Phi) is 12.7. The second kappa shape index (κ2) is 12.4. The predicted octanol–water partition coefficient (Wildman–Crippen LogP) is 0.354. The van der Waals surface area contributed by atoms with Crippen LogP contribution in [0.2, 0.25) is 0 Å². The molecule has 0 aromatic heterocycles. The van der Waals surface area contributed by atoms with Gasteiger partial charge in [-0.15, -0.1) is 0 Å². The summed E-state index contributed by atoms with van der Waals surface area (Å²) in [6, 6.07) is 0. The van der Waals surface area contributed by atoms with Crippen molar-refractivity contribution in [1.82, 2.24) is 0 Å². The summed E-state index contributed by atoms with van der Waals surface area (Å²) < 4.78 is 10.9. The van der Waals surface area contributed by atoms with Gasteiger partial charge in [-0.3, -0.25) is 0 Å². The minimum Gasteiger partial charge on any atom is -0.428 e. The molecule has 0 atom stereocenters. The van der Waals surface area contributed by atoms with Gasteiger partial charge in [0.1, 0.15) is 9.28 Å². The lowest BCUT2D eigenvalue weighted by molar-refractivity contribution is 0.117. The predicted molar refractivity (Wildman–Crippen MR) is 64.0 cm³/mol. The Labute approximate surface area is 87.5 Å². The van der Waals surface area contributed by atoms with Gasteiger partial charge in [-0.05, 0) is 12.8 Å². The molecule has 0 radical (unpaired) electrons. The molecule has 0 bridgehead atoms. The van der Waals surface area contributed by atoms with Crippen molar-refractivity contribution in [3.63, 3.8) is 0 Å². The summed E-state index contributed by atoms with van der Waals surface area (Å²) in [7, 11) is 1.23. The first-order valence-electron chi connectivity index (χ1n) is 5.57. The molecule has 80 valence electrons. The van der Waals surface area contributed by atoms with Crippen LogP contribution in [0.25, 0.3) is 0 Å². The van der Waals surface area contributed by atoms with E-state index in [2.05, 4.69) is 6.92 Å². The van der Waals surface area contributed by atoms with Crippen LogP contribution in [0.1, 0.15) is 39.0 Å². The van der Waals surface area contributed by atoms with E-state index >= 15 is 0 Å². The van der Waals surface area contributed by atoms with E-state index in [0.717, 1.165) is 26.2 Å². The fourth-order valence-corrected chi connectivity index (χ4v) is 2.50. The standard InChI is InChI=1S/C9H24O2Si2/c1-2-3-4-5-7-10-8-6-9-11-13-12/h2-9,13H2,1,12H3. The van der Waals surface area contributed by atoms with Crippen molar-refractivity contribution < 1.29 is 9.16 Å². The SMILES string of the molecule is CCCCCCOCCCO[SiH2][SiH3]. The quantitative estimate of drug-likeness (QED) is 0.391. The summed E-state index contributed by atoms with van der Waals surface area (Å²) in [5, 5.41) is 0. The fourth-order valence-electron chi connectivity index (χ4n) is 1.14. The van der Waals surface area contributed by atoms with Crippen LogP contribution in [0.3, 0.4) is 0 Å². The largest absolute Gasteiger partial charge is 0.428 e. The maximum atomic E-state index is 5.47. The molecule has 4 heteroatoms. The molecule has 0 amide bonds. The Hall–Kier alpha value is 0.354. The highest BCUT2D eigenvalue weighted by molar-refractivity contribution is 6.85. The van der Waals surface area contributed by atoms with Gasteiger partial charge in [0, 0.05) is 29.6 Å². The van der Waals surface area contributed by atoms with Crippen molar-refractivity contribution in [3.8, 4) is 0 Å². The summed E-state index contributed by atoms with van der Waals surface area (Å²) in [5.41, 5.74) is 0. The zero-order valence-electron chi connectivity index (χ0n) is 9.18. The second-order valence-electron chi connectivity index (χ2n) is 3.22. The highest BCUT2D eigenvalue weighted by Crippen LogP contribution is 1.98. The van der Waals surface area contributed by atoms with E-state index in [9.17, 15) is 0 Å². The first-order valence-corrected chi connectivity index (χ1v) is 11.8. The van der Waals surface area contributed by atoms with Crippen LogP contribution in [0.5, 0.6) is 0 Å². The fraction of sp³-hybridized carbons (Fsp3) is 1.00. The maximum Gasteiger partial charge on any atom is 0.139 e. The monoisotopic (exact) mass is 220 g/mol. The van der Waals surface area contributed by atoms with Gasteiger partial charge in [0.25, 0.3) is 0 Å². The van der Waals surface area contributed by atoms with Crippen LogP contribution in [0.15, 0.2) is 0 Å². The Bertz CT molecular complexity index is 81.7. The molecule has 0 saturated heterocycles. The third kappa shape index (κ3) is 12.4. The van der Waals surface area contributed by atoms with E-state index in [0.29, 0.717) is 0 Å². The van der Waals surface area contributed by atoms with Gasteiger partial charge in [-0.2, -0.15) is 0 Å². The molecule has 0 aromatic rings. The minimum atomic E-state index is -0.0535. The highest BCUT2D eigenvalue weighted by Gasteiger charge is 1.90. The molecule has 2 nitrogen and oxygen atoms in total. The molecule has 13 heavy (non-hydrogen) atoms. The lowest BCUT2D eigenvalue weighted by Gasteiger charge is -2.03. The molecular formula is C9H24O2Si2. The van der Waals surface area contributed by atoms with E-state index in [1.165, 1.54) is 35.4 Å². The second-order valence-corrected chi connectivity index (χ2v) is 5.94. The molecule has 0 unspecified atom stereocenters. The lowest BCUT2D eigenvalue weighted by Crippen LogP contribution is -2.04. The van der Waals surface area contributed by atoms with Crippen molar-refractivity contribution >= 4 is 19.0 Å². The van der Waals surface area contributed by atoms with Crippen LogP contribution < -0.4 is 0 Å². The first-order chi connectivity index (χ1) is 6.41. The summed E-state index contributed by atoms with van der Waals surface area (Å²) >= 11 is 0. The average molecular weight is 220 g/mol. The number of hydrogen-bond donors (Lipinski definition) is 0. The van der Waals surface area contributed by atoms with Crippen molar-refractivity contribution in [2.24, 2.45) is 0 Å².